The Morgan fingerprint density at radius 3 is 2.60 bits per heavy atom. The van der Waals surface area contributed by atoms with Gasteiger partial charge in [0.25, 0.3) is 0 Å². The standard InChI is InChI=1S/C15H12Cl2O3/c1-19-14-7-13(17)6-11(8-18)15(14)20-9-10-3-2-4-12(16)5-10/h2-8H,9H2,1H3. The summed E-state index contributed by atoms with van der Waals surface area (Å²) in [6, 6.07) is 10.4. The summed E-state index contributed by atoms with van der Waals surface area (Å²) in [5.41, 5.74) is 1.24. The van der Waals surface area contributed by atoms with Crippen molar-refractivity contribution in [2.24, 2.45) is 0 Å². The molecule has 2 rings (SSSR count). The molecule has 0 aliphatic carbocycles. The maximum Gasteiger partial charge on any atom is 0.172 e. The van der Waals surface area contributed by atoms with Crippen molar-refractivity contribution in [2.75, 3.05) is 7.11 Å². The van der Waals surface area contributed by atoms with Crippen LogP contribution in [0, 0.1) is 0 Å². The summed E-state index contributed by atoms with van der Waals surface area (Å²) in [4.78, 5) is 11.1. The number of rotatable bonds is 5. The highest BCUT2D eigenvalue weighted by molar-refractivity contribution is 6.31. The zero-order valence-electron chi connectivity index (χ0n) is 10.7. The van der Waals surface area contributed by atoms with E-state index in [-0.39, 0.29) is 6.61 Å². The molecule has 0 N–H and O–H groups in total. The summed E-state index contributed by atoms with van der Waals surface area (Å²) in [5, 5.41) is 1.05. The van der Waals surface area contributed by atoms with Crippen LogP contribution in [0.4, 0.5) is 0 Å². The largest absolute Gasteiger partial charge is 0.493 e. The fourth-order valence-corrected chi connectivity index (χ4v) is 2.19. The minimum absolute atomic E-state index is 0.277. The number of carbonyl (C=O) groups is 1. The predicted molar refractivity (Wildman–Crippen MR) is 79.2 cm³/mol. The molecule has 20 heavy (non-hydrogen) atoms. The summed E-state index contributed by atoms with van der Waals surface area (Å²) >= 11 is 11.8. The summed E-state index contributed by atoms with van der Waals surface area (Å²) in [6.07, 6.45) is 0.682. The van der Waals surface area contributed by atoms with E-state index in [1.807, 2.05) is 12.1 Å². The third-order valence-electron chi connectivity index (χ3n) is 2.67. The van der Waals surface area contributed by atoms with Gasteiger partial charge in [-0.25, -0.2) is 0 Å². The second kappa shape index (κ2) is 6.64. The van der Waals surface area contributed by atoms with Gasteiger partial charge >= 0.3 is 0 Å². The minimum atomic E-state index is 0.277. The number of carbonyl (C=O) groups excluding carboxylic acids is 1. The second-order valence-corrected chi connectivity index (χ2v) is 4.94. The Morgan fingerprint density at radius 2 is 1.95 bits per heavy atom. The molecule has 0 bridgehead atoms. The van der Waals surface area contributed by atoms with Gasteiger partial charge in [-0.05, 0) is 23.8 Å². The van der Waals surface area contributed by atoms with Crippen LogP contribution < -0.4 is 9.47 Å². The highest BCUT2D eigenvalue weighted by Gasteiger charge is 2.12. The van der Waals surface area contributed by atoms with E-state index in [0.717, 1.165) is 5.56 Å². The zero-order valence-corrected chi connectivity index (χ0v) is 12.2. The summed E-state index contributed by atoms with van der Waals surface area (Å²) in [5.74, 6) is 0.786. The van der Waals surface area contributed by atoms with Gasteiger partial charge in [-0.1, -0.05) is 35.3 Å². The van der Waals surface area contributed by atoms with Gasteiger partial charge in [0.15, 0.2) is 17.8 Å². The molecular formula is C15H12Cl2O3. The molecule has 5 heteroatoms. The van der Waals surface area contributed by atoms with E-state index in [2.05, 4.69) is 0 Å². The number of methoxy groups -OCH3 is 1. The quantitative estimate of drug-likeness (QED) is 0.768. The zero-order chi connectivity index (χ0) is 14.5. The maximum atomic E-state index is 11.1. The van der Waals surface area contributed by atoms with Crippen molar-refractivity contribution >= 4 is 29.5 Å². The predicted octanol–water partition coefficient (Wildman–Crippen LogP) is 4.39. The van der Waals surface area contributed by atoms with Gasteiger partial charge < -0.3 is 9.47 Å². The number of ether oxygens (including phenoxy) is 2. The number of hydrogen-bond acceptors (Lipinski definition) is 3. The first-order valence-corrected chi connectivity index (χ1v) is 6.59. The first kappa shape index (κ1) is 14.7. The molecule has 0 aliphatic rings. The third kappa shape index (κ3) is 3.44. The summed E-state index contributed by atoms with van der Waals surface area (Å²) in [6.45, 7) is 0.277. The van der Waals surface area contributed by atoms with Gasteiger partial charge in [0.2, 0.25) is 0 Å². The van der Waals surface area contributed by atoms with Crippen molar-refractivity contribution in [2.45, 2.75) is 6.61 Å². The second-order valence-electron chi connectivity index (χ2n) is 4.06. The van der Waals surface area contributed by atoms with Crippen molar-refractivity contribution in [1.29, 1.82) is 0 Å². The molecule has 0 saturated heterocycles. The molecule has 0 fully saturated rings. The molecule has 2 aromatic rings. The van der Waals surface area contributed by atoms with E-state index >= 15 is 0 Å². The lowest BCUT2D eigenvalue weighted by Crippen LogP contribution is -2.01. The average molecular weight is 311 g/mol. The molecular weight excluding hydrogens is 299 g/mol. The molecule has 0 saturated carbocycles. The molecule has 104 valence electrons. The highest BCUT2D eigenvalue weighted by atomic mass is 35.5. The summed E-state index contributed by atoms with van der Waals surface area (Å²) < 4.78 is 10.9. The van der Waals surface area contributed by atoms with Crippen LogP contribution in [0.1, 0.15) is 15.9 Å². The van der Waals surface area contributed by atoms with Crippen LogP contribution in [-0.2, 0) is 6.61 Å². The normalized spacial score (nSPS) is 10.2. The maximum absolute atomic E-state index is 11.1. The first-order chi connectivity index (χ1) is 9.63. The number of benzene rings is 2. The van der Waals surface area contributed by atoms with Crippen LogP contribution in [0.3, 0.4) is 0 Å². The number of halogens is 2. The highest BCUT2D eigenvalue weighted by Crippen LogP contribution is 2.34. The molecule has 0 unspecified atom stereocenters. The average Bonchev–Trinajstić information content (AvgIpc) is 2.45. The molecule has 2 aromatic carbocycles. The Morgan fingerprint density at radius 1 is 1.15 bits per heavy atom. The van der Waals surface area contributed by atoms with E-state index in [1.54, 1.807) is 18.2 Å². The Bertz CT molecular complexity index is 627. The minimum Gasteiger partial charge on any atom is -0.493 e. The first-order valence-electron chi connectivity index (χ1n) is 5.84. The number of aldehydes is 1. The van der Waals surface area contributed by atoms with E-state index in [1.165, 1.54) is 13.2 Å². The van der Waals surface area contributed by atoms with Crippen molar-refractivity contribution in [3.63, 3.8) is 0 Å². The molecule has 0 heterocycles. The molecule has 0 aromatic heterocycles. The molecule has 0 radical (unpaired) electrons. The molecule has 0 atom stereocenters. The van der Waals surface area contributed by atoms with Crippen molar-refractivity contribution in [3.8, 4) is 11.5 Å². The van der Waals surface area contributed by atoms with Crippen molar-refractivity contribution in [3.05, 3.63) is 57.6 Å². The third-order valence-corrected chi connectivity index (χ3v) is 3.12. The molecule has 0 spiro atoms. The lowest BCUT2D eigenvalue weighted by atomic mass is 10.2. The van der Waals surface area contributed by atoms with Crippen LogP contribution >= 0.6 is 23.2 Å². The summed E-state index contributed by atoms with van der Waals surface area (Å²) in [7, 11) is 1.49. The molecule has 0 amide bonds. The SMILES string of the molecule is COc1cc(Cl)cc(C=O)c1OCc1cccc(Cl)c1. The Balaban J connectivity index is 2.26. The smallest absolute Gasteiger partial charge is 0.172 e. The van der Waals surface area contributed by atoms with E-state index in [9.17, 15) is 4.79 Å². The van der Waals surface area contributed by atoms with Gasteiger partial charge in [-0.2, -0.15) is 0 Å². The van der Waals surface area contributed by atoms with Gasteiger partial charge in [0, 0.05) is 16.1 Å². The lowest BCUT2D eigenvalue weighted by Gasteiger charge is -2.13. The van der Waals surface area contributed by atoms with Gasteiger partial charge in [-0.15, -0.1) is 0 Å². The Labute approximate surface area is 127 Å². The lowest BCUT2D eigenvalue weighted by molar-refractivity contribution is 0.111. The molecule has 0 aliphatic heterocycles. The van der Waals surface area contributed by atoms with Crippen LogP contribution in [-0.4, -0.2) is 13.4 Å². The van der Waals surface area contributed by atoms with Gasteiger partial charge in [-0.3, -0.25) is 4.79 Å². The van der Waals surface area contributed by atoms with Crippen LogP contribution in [0.2, 0.25) is 10.0 Å². The van der Waals surface area contributed by atoms with E-state index in [0.29, 0.717) is 33.4 Å². The van der Waals surface area contributed by atoms with Gasteiger partial charge in [0.05, 0.1) is 12.7 Å². The van der Waals surface area contributed by atoms with Crippen LogP contribution in [0.15, 0.2) is 36.4 Å². The van der Waals surface area contributed by atoms with E-state index < -0.39 is 0 Å². The topological polar surface area (TPSA) is 35.5 Å². The van der Waals surface area contributed by atoms with Crippen molar-refractivity contribution in [1.82, 2.24) is 0 Å². The van der Waals surface area contributed by atoms with Crippen LogP contribution in [0.25, 0.3) is 0 Å². The monoisotopic (exact) mass is 310 g/mol. The fourth-order valence-electron chi connectivity index (χ4n) is 1.76. The van der Waals surface area contributed by atoms with Crippen LogP contribution in [0.5, 0.6) is 11.5 Å². The van der Waals surface area contributed by atoms with Crippen molar-refractivity contribution < 1.29 is 14.3 Å². The number of hydrogen-bond donors (Lipinski definition) is 0. The molecule has 3 nitrogen and oxygen atoms in total. The van der Waals surface area contributed by atoms with E-state index in [4.69, 9.17) is 32.7 Å². The van der Waals surface area contributed by atoms with Gasteiger partial charge in [0.1, 0.15) is 6.61 Å². The Kier molecular flexibility index (Phi) is 4.88. The Hall–Kier alpha value is -1.71. The fraction of sp³-hybridized carbons (Fsp3) is 0.133.